The van der Waals surface area contributed by atoms with Crippen molar-refractivity contribution >= 4 is 39.3 Å². The Morgan fingerprint density at radius 2 is 1.78 bits per heavy atom. The number of nitriles is 1. The van der Waals surface area contributed by atoms with E-state index in [-0.39, 0.29) is 11.2 Å². The fourth-order valence-electron chi connectivity index (χ4n) is 1.92. The summed E-state index contributed by atoms with van der Waals surface area (Å²) < 4.78 is 1.05. The second kappa shape index (κ2) is 8.76. The van der Waals surface area contributed by atoms with E-state index in [1.165, 1.54) is 5.56 Å². The molecule has 5 heteroatoms. The quantitative estimate of drug-likeness (QED) is 0.774. The van der Waals surface area contributed by atoms with Crippen molar-refractivity contribution in [2.24, 2.45) is 0 Å². The van der Waals surface area contributed by atoms with E-state index in [9.17, 15) is 4.79 Å². The maximum atomic E-state index is 12.2. The first-order valence-corrected chi connectivity index (χ1v) is 9.05. The van der Waals surface area contributed by atoms with Crippen molar-refractivity contribution in [3.63, 3.8) is 0 Å². The smallest absolute Gasteiger partial charge is 0.237 e. The van der Waals surface area contributed by atoms with Crippen LogP contribution in [0.2, 0.25) is 0 Å². The lowest BCUT2D eigenvalue weighted by Gasteiger charge is -2.12. The summed E-state index contributed by atoms with van der Waals surface area (Å²) in [6, 6.07) is 17.6. The average Bonchev–Trinajstić information content (AvgIpc) is 2.56. The Morgan fingerprint density at radius 1 is 1.17 bits per heavy atom. The van der Waals surface area contributed by atoms with Gasteiger partial charge in [-0.25, -0.2) is 0 Å². The summed E-state index contributed by atoms with van der Waals surface area (Å²) in [6.07, 6.45) is 0.383. The fourth-order valence-corrected chi connectivity index (χ4v) is 3.03. The standard InChI is InChI=1S/C18H17BrN2OS/c1-13(23-12-15-2-6-16(19)7-3-15)18(22)21-17-8-4-14(5-9-17)10-11-20/h2-9,13H,10,12H2,1H3,(H,21,22)/t13-/m0/s1. The van der Waals surface area contributed by atoms with E-state index in [4.69, 9.17) is 5.26 Å². The maximum absolute atomic E-state index is 12.2. The van der Waals surface area contributed by atoms with Gasteiger partial charge in [-0.05, 0) is 42.3 Å². The molecule has 118 valence electrons. The molecule has 0 unspecified atom stereocenters. The molecular weight excluding hydrogens is 372 g/mol. The predicted octanol–water partition coefficient (Wildman–Crippen LogP) is 4.78. The Bertz CT molecular complexity index is 692. The zero-order valence-electron chi connectivity index (χ0n) is 12.8. The molecule has 3 nitrogen and oxygen atoms in total. The molecule has 23 heavy (non-hydrogen) atoms. The van der Waals surface area contributed by atoms with Crippen LogP contribution in [0.15, 0.2) is 53.0 Å². The van der Waals surface area contributed by atoms with Crippen LogP contribution in [0.1, 0.15) is 18.1 Å². The Balaban J connectivity index is 1.84. The minimum absolute atomic E-state index is 0.0138. The number of anilines is 1. The summed E-state index contributed by atoms with van der Waals surface area (Å²) in [7, 11) is 0. The number of benzene rings is 2. The lowest BCUT2D eigenvalue weighted by molar-refractivity contribution is -0.115. The van der Waals surface area contributed by atoms with Crippen molar-refractivity contribution in [3.8, 4) is 6.07 Å². The lowest BCUT2D eigenvalue weighted by Crippen LogP contribution is -2.22. The summed E-state index contributed by atoms with van der Waals surface area (Å²) in [4.78, 5) is 12.2. The van der Waals surface area contributed by atoms with Crippen LogP contribution in [0.3, 0.4) is 0 Å². The van der Waals surface area contributed by atoms with Crippen LogP contribution in [0.4, 0.5) is 5.69 Å². The van der Waals surface area contributed by atoms with Crippen molar-refractivity contribution in [3.05, 3.63) is 64.1 Å². The lowest BCUT2D eigenvalue weighted by atomic mass is 10.1. The van der Waals surface area contributed by atoms with Crippen molar-refractivity contribution < 1.29 is 4.79 Å². The molecule has 0 aromatic heterocycles. The van der Waals surface area contributed by atoms with E-state index in [1.54, 1.807) is 11.8 Å². The molecule has 2 rings (SSSR count). The van der Waals surface area contributed by atoms with Gasteiger partial charge in [-0.2, -0.15) is 5.26 Å². The summed E-state index contributed by atoms with van der Waals surface area (Å²) in [5.74, 6) is 0.781. The van der Waals surface area contributed by atoms with Gasteiger partial charge >= 0.3 is 0 Å². The number of rotatable bonds is 6. The van der Waals surface area contributed by atoms with Gasteiger partial charge in [0.15, 0.2) is 0 Å². The molecule has 0 saturated carbocycles. The highest BCUT2D eigenvalue weighted by atomic mass is 79.9. The third kappa shape index (κ3) is 5.74. The Morgan fingerprint density at radius 3 is 2.39 bits per heavy atom. The molecule has 1 amide bonds. The van der Waals surface area contributed by atoms with Crippen LogP contribution in [-0.4, -0.2) is 11.2 Å². The number of carbonyl (C=O) groups is 1. The molecule has 1 atom stereocenters. The largest absolute Gasteiger partial charge is 0.325 e. The van der Waals surface area contributed by atoms with Gasteiger partial charge in [-0.1, -0.05) is 40.2 Å². The first-order valence-electron chi connectivity index (χ1n) is 7.21. The van der Waals surface area contributed by atoms with E-state index in [2.05, 4.69) is 39.4 Å². The molecule has 0 aliphatic carbocycles. The third-order valence-electron chi connectivity index (χ3n) is 3.29. The number of thioether (sulfide) groups is 1. The van der Waals surface area contributed by atoms with Gasteiger partial charge < -0.3 is 5.32 Å². The zero-order chi connectivity index (χ0) is 16.7. The highest BCUT2D eigenvalue weighted by Crippen LogP contribution is 2.21. The van der Waals surface area contributed by atoms with Gasteiger partial charge in [-0.3, -0.25) is 4.79 Å². The second-order valence-electron chi connectivity index (χ2n) is 5.10. The van der Waals surface area contributed by atoms with E-state index in [1.807, 2.05) is 43.3 Å². The number of hydrogen-bond donors (Lipinski definition) is 1. The summed E-state index contributed by atoms with van der Waals surface area (Å²) in [5, 5.41) is 11.4. The molecule has 2 aromatic carbocycles. The number of amides is 1. The van der Waals surface area contributed by atoms with Gasteiger partial charge in [0, 0.05) is 15.9 Å². The van der Waals surface area contributed by atoms with Crippen LogP contribution < -0.4 is 5.32 Å². The molecule has 0 fully saturated rings. The molecule has 1 N–H and O–H groups in total. The normalized spacial score (nSPS) is 11.5. The Hall–Kier alpha value is -1.77. The minimum Gasteiger partial charge on any atom is -0.325 e. The zero-order valence-corrected chi connectivity index (χ0v) is 15.2. The van der Waals surface area contributed by atoms with E-state index in [0.29, 0.717) is 6.42 Å². The van der Waals surface area contributed by atoms with Crippen LogP contribution in [0, 0.1) is 11.3 Å². The van der Waals surface area contributed by atoms with Crippen LogP contribution in [0.5, 0.6) is 0 Å². The van der Waals surface area contributed by atoms with E-state index < -0.39 is 0 Å². The highest BCUT2D eigenvalue weighted by molar-refractivity contribution is 9.10. The number of nitrogens with zero attached hydrogens (tertiary/aromatic N) is 1. The number of nitrogens with one attached hydrogen (secondary N) is 1. The van der Waals surface area contributed by atoms with Crippen molar-refractivity contribution in [2.75, 3.05) is 5.32 Å². The molecule has 0 spiro atoms. The minimum atomic E-state index is -0.141. The molecule has 0 bridgehead atoms. The van der Waals surface area contributed by atoms with Crippen molar-refractivity contribution in [1.82, 2.24) is 0 Å². The summed E-state index contributed by atoms with van der Waals surface area (Å²) in [5.41, 5.74) is 2.90. The van der Waals surface area contributed by atoms with Gasteiger partial charge in [-0.15, -0.1) is 11.8 Å². The van der Waals surface area contributed by atoms with Gasteiger partial charge in [0.05, 0.1) is 17.7 Å². The third-order valence-corrected chi connectivity index (χ3v) is 5.03. The molecular formula is C18H17BrN2OS. The molecule has 0 aliphatic rings. The number of halogens is 1. The van der Waals surface area contributed by atoms with E-state index >= 15 is 0 Å². The topological polar surface area (TPSA) is 52.9 Å². The van der Waals surface area contributed by atoms with Gasteiger partial charge in [0.2, 0.25) is 5.91 Å². The van der Waals surface area contributed by atoms with E-state index in [0.717, 1.165) is 21.5 Å². The molecule has 0 radical (unpaired) electrons. The molecule has 0 heterocycles. The summed E-state index contributed by atoms with van der Waals surface area (Å²) >= 11 is 5.02. The fraction of sp³-hybridized carbons (Fsp3) is 0.222. The predicted molar refractivity (Wildman–Crippen MR) is 99.3 cm³/mol. The van der Waals surface area contributed by atoms with Crippen LogP contribution in [-0.2, 0) is 17.0 Å². The maximum Gasteiger partial charge on any atom is 0.237 e. The van der Waals surface area contributed by atoms with Crippen LogP contribution in [0.25, 0.3) is 0 Å². The van der Waals surface area contributed by atoms with Gasteiger partial charge in [0.25, 0.3) is 0 Å². The number of hydrogen-bond acceptors (Lipinski definition) is 3. The van der Waals surface area contributed by atoms with Crippen LogP contribution >= 0.6 is 27.7 Å². The molecule has 0 saturated heterocycles. The molecule has 2 aromatic rings. The SMILES string of the molecule is C[C@H](SCc1ccc(Br)cc1)C(=O)Nc1ccc(CC#N)cc1. The second-order valence-corrected chi connectivity index (χ2v) is 7.35. The first-order chi connectivity index (χ1) is 11.1. The van der Waals surface area contributed by atoms with Crippen molar-refractivity contribution in [2.45, 2.75) is 24.3 Å². The first kappa shape index (κ1) is 17.6. The highest BCUT2D eigenvalue weighted by Gasteiger charge is 2.13. The van der Waals surface area contributed by atoms with Gasteiger partial charge in [0.1, 0.15) is 0 Å². The average molecular weight is 389 g/mol. The number of carbonyl (C=O) groups excluding carboxylic acids is 1. The Kier molecular flexibility index (Phi) is 6.69. The molecule has 0 aliphatic heterocycles. The monoisotopic (exact) mass is 388 g/mol. The Labute approximate surface area is 149 Å². The summed E-state index contributed by atoms with van der Waals surface area (Å²) in [6.45, 7) is 1.91. The van der Waals surface area contributed by atoms with Crippen molar-refractivity contribution in [1.29, 1.82) is 5.26 Å².